The Kier molecular flexibility index (Phi) is 3.40. The first kappa shape index (κ1) is 13.8. The van der Waals surface area contributed by atoms with E-state index >= 15 is 0 Å². The summed E-state index contributed by atoms with van der Waals surface area (Å²) in [4.78, 5) is 1.43. The van der Waals surface area contributed by atoms with Gasteiger partial charge in [0.1, 0.15) is 11.4 Å². The first-order valence-electron chi connectivity index (χ1n) is 7.67. The lowest BCUT2D eigenvalue weighted by Crippen LogP contribution is -2.33. The van der Waals surface area contributed by atoms with E-state index in [0.717, 1.165) is 18.7 Å². The Balaban J connectivity index is 1.68. The Bertz CT molecular complexity index is 778. The van der Waals surface area contributed by atoms with E-state index in [-0.39, 0.29) is 5.60 Å². The Morgan fingerprint density at radius 1 is 1.14 bits per heavy atom. The fraction of sp³-hybridized carbons (Fsp3) is 0.263. The van der Waals surface area contributed by atoms with E-state index in [4.69, 9.17) is 4.74 Å². The van der Waals surface area contributed by atoms with Crippen LogP contribution in [0.2, 0.25) is 0 Å². The molecule has 22 heavy (non-hydrogen) atoms. The Labute approximate surface area is 134 Å². The number of benzene rings is 2. The average Bonchev–Trinajstić information content (AvgIpc) is 2.99. The molecule has 0 saturated heterocycles. The van der Waals surface area contributed by atoms with E-state index in [1.165, 1.54) is 15.6 Å². The number of likely N-dealkylation sites (N-methyl/N-ethyl adjacent to an activating group) is 1. The number of hydrogen-bond acceptors (Lipinski definition) is 3. The maximum atomic E-state index is 6.55. The third kappa shape index (κ3) is 2.31. The first-order chi connectivity index (χ1) is 10.8. The molecule has 1 aliphatic carbocycles. The molecule has 1 fully saturated rings. The maximum absolute atomic E-state index is 6.55. The van der Waals surface area contributed by atoms with Crippen LogP contribution in [0.25, 0.3) is 10.8 Å². The fourth-order valence-electron chi connectivity index (χ4n) is 3.28. The lowest BCUT2D eigenvalue weighted by Gasteiger charge is -2.21. The van der Waals surface area contributed by atoms with Gasteiger partial charge in [0.2, 0.25) is 0 Å². The highest BCUT2D eigenvalue weighted by molar-refractivity contribution is 7.10. The van der Waals surface area contributed by atoms with Crippen LogP contribution in [0.5, 0.6) is 5.75 Å². The highest BCUT2D eigenvalue weighted by atomic mass is 32.1. The third-order valence-corrected chi connectivity index (χ3v) is 5.44. The van der Waals surface area contributed by atoms with Gasteiger partial charge in [0, 0.05) is 29.1 Å². The maximum Gasteiger partial charge on any atom is 0.130 e. The minimum absolute atomic E-state index is 0.107. The van der Waals surface area contributed by atoms with Crippen LogP contribution in [-0.4, -0.2) is 19.2 Å². The fourth-order valence-corrected chi connectivity index (χ4v) is 4.22. The van der Waals surface area contributed by atoms with Crippen LogP contribution in [0.15, 0.2) is 60.0 Å². The molecule has 1 heterocycles. The number of rotatable bonds is 5. The Morgan fingerprint density at radius 3 is 2.82 bits per heavy atom. The normalized spacial score (nSPS) is 23.6. The molecule has 0 aliphatic heterocycles. The highest BCUT2D eigenvalue weighted by Gasteiger charge is 2.57. The van der Waals surface area contributed by atoms with Crippen molar-refractivity contribution in [3.63, 3.8) is 0 Å². The second kappa shape index (κ2) is 5.41. The first-order valence-corrected chi connectivity index (χ1v) is 8.55. The van der Waals surface area contributed by atoms with Gasteiger partial charge in [-0.3, -0.25) is 0 Å². The topological polar surface area (TPSA) is 21.3 Å². The van der Waals surface area contributed by atoms with E-state index in [1.807, 2.05) is 18.4 Å². The Morgan fingerprint density at radius 2 is 2.00 bits per heavy atom. The summed E-state index contributed by atoms with van der Waals surface area (Å²) in [7, 11) is 2.00. The molecule has 3 heteroatoms. The molecule has 1 aromatic heterocycles. The summed E-state index contributed by atoms with van der Waals surface area (Å²) in [6.07, 6.45) is 1.08. The van der Waals surface area contributed by atoms with Gasteiger partial charge in [0.25, 0.3) is 0 Å². The lowest BCUT2D eigenvalue weighted by atomic mass is 10.1. The molecular formula is C19H19NOS. The molecule has 0 spiro atoms. The molecule has 2 atom stereocenters. The second-order valence-corrected chi connectivity index (χ2v) is 6.93. The molecule has 1 saturated carbocycles. The summed E-state index contributed by atoms with van der Waals surface area (Å²) in [5.41, 5.74) is -0.107. The van der Waals surface area contributed by atoms with Gasteiger partial charge in [-0.15, -0.1) is 11.3 Å². The van der Waals surface area contributed by atoms with E-state index in [9.17, 15) is 0 Å². The third-order valence-electron chi connectivity index (χ3n) is 4.45. The number of nitrogens with one attached hydrogen (secondary N) is 1. The number of hydrogen-bond donors (Lipinski definition) is 1. The minimum Gasteiger partial charge on any atom is -0.485 e. The molecular weight excluding hydrogens is 290 g/mol. The van der Waals surface area contributed by atoms with Crippen molar-refractivity contribution in [3.05, 3.63) is 64.9 Å². The smallest absolute Gasteiger partial charge is 0.130 e. The van der Waals surface area contributed by atoms with Gasteiger partial charge in [-0.1, -0.05) is 42.5 Å². The van der Waals surface area contributed by atoms with E-state index in [1.54, 1.807) is 0 Å². The van der Waals surface area contributed by atoms with Crippen LogP contribution in [-0.2, 0) is 0 Å². The largest absolute Gasteiger partial charge is 0.485 e. The summed E-state index contributed by atoms with van der Waals surface area (Å²) < 4.78 is 6.55. The summed E-state index contributed by atoms with van der Waals surface area (Å²) in [5, 5.41) is 7.88. The minimum atomic E-state index is -0.107. The lowest BCUT2D eigenvalue weighted by molar-refractivity contribution is 0.174. The predicted molar refractivity (Wildman–Crippen MR) is 92.9 cm³/mol. The monoisotopic (exact) mass is 309 g/mol. The van der Waals surface area contributed by atoms with Crippen LogP contribution < -0.4 is 10.1 Å². The van der Waals surface area contributed by atoms with Crippen molar-refractivity contribution in [2.45, 2.75) is 17.9 Å². The van der Waals surface area contributed by atoms with Gasteiger partial charge < -0.3 is 10.1 Å². The molecule has 0 amide bonds. The van der Waals surface area contributed by atoms with Crippen molar-refractivity contribution in [3.8, 4) is 5.75 Å². The summed E-state index contributed by atoms with van der Waals surface area (Å²) in [6, 6.07) is 19.1. The van der Waals surface area contributed by atoms with Crippen molar-refractivity contribution >= 4 is 22.1 Å². The zero-order valence-corrected chi connectivity index (χ0v) is 13.4. The van der Waals surface area contributed by atoms with Crippen molar-refractivity contribution in [1.29, 1.82) is 0 Å². The summed E-state index contributed by atoms with van der Waals surface area (Å²) in [5.74, 6) is 1.49. The number of ether oxygens (including phenoxy) is 1. The van der Waals surface area contributed by atoms with Gasteiger partial charge in [-0.05, 0) is 29.9 Å². The molecule has 2 nitrogen and oxygen atoms in total. The van der Waals surface area contributed by atoms with Crippen LogP contribution in [0.3, 0.4) is 0 Å². The van der Waals surface area contributed by atoms with Crippen molar-refractivity contribution in [2.24, 2.45) is 0 Å². The predicted octanol–water partition coefficient (Wildman–Crippen LogP) is 4.43. The van der Waals surface area contributed by atoms with Crippen LogP contribution in [0.1, 0.15) is 17.2 Å². The standard InChI is InChI=1S/C19H19NOS/c1-20-13-19(12-16(19)18-10-5-11-22-18)21-17-9-4-7-14-6-2-3-8-15(14)17/h2-11,16,20H,12-13H2,1H3/t16-,19-/m0/s1. The van der Waals surface area contributed by atoms with Crippen LogP contribution >= 0.6 is 11.3 Å². The van der Waals surface area contributed by atoms with Gasteiger partial charge in [-0.25, -0.2) is 0 Å². The van der Waals surface area contributed by atoms with Crippen molar-refractivity contribution in [1.82, 2.24) is 5.32 Å². The molecule has 2 aromatic carbocycles. The zero-order chi connectivity index (χ0) is 15.0. The molecule has 1 aliphatic rings. The number of fused-ring (bicyclic) bond motifs is 1. The molecule has 1 N–H and O–H groups in total. The zero-order valence-electron chi connectivity index (χ0n) is 12.6. The Hall–Kier alpha value is -1.84. The van der Waals surface area contributed by atoms with Gasteiger partial charge >= 0.3 is 0 Å². The SMILES string of the molecule is CNC[C@@]1(Oc2cccc3ccccc23)C[C@H]1c1cccs1. The van der Waals surface area contributed by atoms with Gasteiger partial charge in [0.05, 0.1) is 0 Å². The summed E-state index contributed by atoms with van der Waals surface area (Å²) in [6.45, 7) is 0.874. The highest BCUT2D eigenvalue weighted by Crippen LogP contribution is 2.55. The average molecular weight is 309 g/mol. The van der Waals surface area contributed by atoms with Gasteiger partial charge in [-0.2, -0.15) is 0 Å². The number of thiophene rings is 1. The molecule has 0 radical (unpaired) electrons. The van der Waals surface area contributed by atoms with Crippen molar-refractivity contribution < 1.29 is 4.74 Å². The van der Waals surface area contributed by atoms with E-state index in [2.05, 4.69) is 65.3 Å². The van der Waals surface area contributed by atoms with Gasteiger partial charge in [0.15, 0.2) is 0 Å². The second-order valence-electron chi connectivity index (χ2n) is 5.95. The summed E-state index contributed by atoms with van der Waals surface area (Å²) >= 11 is 1.83. The van der Waals surface area contributed by atoms with E-state index in [0.29, 0.717) is 5.92 Å². The van der Waals surface area contributed by atoms with E-state index < -0.39 is 0 Å². The van der Waals surface area contributed by atoms with Crippen LogP contribution in [0, 0.1) is 0 Å². The molecule has 3 aromatic rings. The van der Waals surface area contributed by atoms with Crippen molar-refractivity contribution in [2.75, 3.05) is 13.6 Å². The van der Waals surface area contributed by atoms with Crippen LogP contribution in [0.4, 0.5) is 0 Å². The molecule has 0 bridgehead atoms. The molecule has 112 valence electrons. The quantitative estimate of drug-likeness (QED) is 0.753. The molecule has 0 unspecified atom stereocenters. The molecule has 4 rings (SSSR count).